The van der Waals surface area contributed by atoms with Crippen LogP contribution in [-0.2, 0) is 6.54 Å². The van der Waals surface area contributed by atoms with E-state index in [2.05, 4.69) is 17.0 Å². The van der Waals surface area contributed by atoms with Crippen molar-refractivity contribution in [2.24, 2.45) is 0 Å². The molecule has 0 unspecified atom stereocenters. The van der Waals surface area contributed by atoms with Crippen LogP contribution in [0.25, 0.3) is 0 Å². The van der Waals surface area contributed by atoms with Gasteiger partial charge in [0.1, 0.15) is 5.69 Å². The van der Waals surface area contributed by atoms with E-state index in [-0.39, 0.29) is 11.9 Å². The fraction of sp³-hybridized carbons (Fsp3) is 0.400. The maximum Gasteiger partial charge on any atom is 0.272 e. The largest absolute Gasteiger partial charge is 0.332 e. The summed E-state index contributed by atoms with van der Waals surface area (Å²) in [4.78, 5) is 18.7. The topological polar surface area (TPSA) is 51.0 Å². The Kier molecular flexibility index (Phi) is 4.50. The van der Waals surface area contributed by atoms with Gasteiger partial charge in [0.2, 0.25) is 0 Å². The predicted octanol–water partition coefficient (Wildman–Crippen LogP) is 2.52. The van der Waals surface area contributed by atoms with Crippen LogP contribution < -0.4 is 0 Å². The van der Waals surface area contributed by atoms with Gasteiger partial charge in [-0.15, -0.1) is 0 Å². The van der Waals surface area contributed by atoms with E-state index >= 15 is 0 Å². The number of hydrogen-bond acceptors (Lipinski definition) is 3. The van der Waals surface area contributed by atoms with Crippen molar-refractivity contribution in [1.82, 2.24) is 19.7 Å². The van der Waals surface area contributed by atoms with Gasteiger partial charge in [-0.2, -0.15) is 5.10 Å². The summed E-state index contributed by atoms with van der Waals surface area (Å²) in [7, 11) is 1.82. The molecule has 0 aliphatic heterocycles. The number of carbonyl (C=O) groups excluding carboxylic acids is 1. The number of hydrogen-bond donors (Lipinski definition) is 0. The second kappa shape index (κ2) is 6.32. The number of nitrogens with zero attached hydrogens (tertiary/aromatic N) is 4. The summed E-state index contributed by atoms with van der Waals surface area (Å²) >= 11 is 0. The highest BCUT2D eigenvalue weighted by Gasteiger charge is 2.24. The molecule has 0 aliphatic rings. The molecule has 5 nitrogen and oxygen atoms in total. The van der Waals surface area contributed by atoms with Crippen molar-refractivity contribution >= 4 is 5.91 Å². The smallest absolute Gasteiger partial charge is 0.272 e. The lowest BCUT2D eigenvalue weighted by atomic mass is 10.1. The average molecular weight is 272 g/mol. The van der Waals surface area contributed by atoms with Gasteiger partial charge in [0.15, 0.2) is 0 Å². The van der Waals surface area contributed by atoms with E-state index in [0.717, 1.165) is 12.1 Å². The van der Waals surface area contributed by atoms with E-state index in [0.29, 0.717) is 12.2 Å². The van der Waals surface area contributed by atoms with Gasteiger partial charge < -0.3 is 4.90 Å². The van der Waals surface area contributed by atoms with Crippen LogP contribution in [0.15, 0.2) is 36.7 Å². The predicted molar refractivity (Wildman–Crippen MR) is 77.3 cm³/mol. The van der Waals surface area contributed by atoms with Crippen LogP contribution in [0.4, 0.5) is 0 Å². The van der Waals surface area contributed by atoms with E-state index in [4.69, 9.17) is 0 Å². The molecule has 2 aromatic rings. The van der Waals surface area contributed by atoms with Crippen molar-refractivity contribution in [1.29, 1.82) is 0 Å². The van der Waals surface area contributed by atoms with Gasteiger partial charge in [-0.05, 0) is 31.5 Å². The lowest BCUT2D eigenvalue weighted by Crippen LogP contribution is -2.33. The summed E-state index contributed by atoms with van der Waals surface area (Å²) in [6.07, 6.45) is 4.23. The van der Waals surface area contributed by atoms with Crippen molar-refractivity contribution < 1.29 is 4.79 Å². The number of rotatable bonds is 5. The zero-order chi connectivity index (χ0) is 14.5. The highest BCUT2D eigenvalue weighted by atomic mass is 16.2. The Labute approximate surface area is 119 Å². The van der Waals surface area contributed by atoms with Crippen LogP contribution in [0.3, 0.4) is 0 Å². The van der Waals surface area contributed by atoms with Crippen LogP contribution >= 0.6 is 0 Å². The monoisotopic (exact) mass is 272 g/mol. The summed E-state index contributed by atoms with van der Waals surface area (Å²) in [5, 5.41) is 4.15. The maximum atomic E-state index is 12.6. The second-order valence-electron chi connectivity index (χ2n) is 4.63. The Balaban J connectivity index is 2.25. The fourth-order valence-electron chi connectivity index (χ4n) is 2.34. The Morgan fingerprint density at radius 2 is 2.10 bits per heavy atom. The zero-order valence-corrected chi connectivity index (χ0v) is 12.2. The third kappa shape index (κ3) is 2.71. The molecule has 2 heterocycles. The molecular formula is C15H20N4O. The van der Waals surface area contributed by atoms with Gasteiger partial charge in [-0.3, -0.25) is 14.5 Å². The third-order valence-electron chi connectivity index (χ3n) is 3.44. The molecule has 1 amide bonds. The SMILES string of the molecule is CC[C@@H](c1ccccn1)N(C)C(=O)c1ccnn1CC. The second-order valence-corrected chi connectivity index (χ2v) is 4.63. The van der Waals surface area contributed by atoms with Crippen molar-refractivity contribution in [2.75, 3.05) is 7.05 Å². The van der Waals surface area contributed by atoms with Gasteiger partial charge in [0.05, 0.1) is 11.7 Å². The van der Waals surface area contributed by atoms with Crippen molar-refractivity contribution in [3.8, 4) is 0 Å². The molecule has 106 valence electrons. The molecule has 20 heavy (non-hydrogen) atoms. The Morgan fingerprint density at radius 3 is 2.70 bits per heavy atom. The van der Waals surface area contributed by atoms with Gasteiger partial charge in [-0.25, -0.2) is 0 Å². The van der Waals surface area contributed by atoms with Crippen LogP contribution in [0.5, 0.6) is 0 Å². The fourth-order valence-corrected chi connectivity index (χ4v) is 2.34. The van der Waals surface area contributed by atoms with Gasteiger partial charge >= 0.3 is 0 Å². The lowest BCUT2D eigenvalue weighted by Gasteiger charge is -2.27. The van der Waals surface area contributed by atoms with Crippen molar-refractivity contribution in [2.45, 2.75) is 32.9 Å². The summed E-state index contributed by atoms with van der Waals surface area (Å²) in [5.41, 5.74) is 1.53. The molecule has 0 N–H and O–H groups in total. The van der Waals surface area contributed by atoms with Gasteiger partial charge in [0.25, 0.3) is 5.91 Å². The summed E-state index contributed by atoms with van der Waals surface area (Å²) in [5.74, 6) is -0.0261. The Hall–Kier alpha value is -2.17. The first kappa shape index (κ1) is 14.2. The van der Waals surface area contributed by atoms with Crippen LogP contribution in [-0.4, -0.2) is 32.6 Å². The lowest BCUT2D eigenvalue weighted by molar-refractivity contribution is 0.0710. The molecule has 2 aromatic heterocycles. The zero-order valence-electron chi connectivity index (χ0n) is 12.2. The molecule has 0 radical (unpaired) electrons. The third-order valence-corrected chi connectivity index (χ3v) is 3.44. The number of pyridine rings is 1. The molecule has 0 spiro atoms. The maximum absolute atomic E-state index is 12.6. The first-order valence-electron chi connectivity index (χ1n) is 6.88. The van der Waals surface area contributed by atoms with Crippen molar-refractivity contribution in [3.63, 3.8) is 0 Å². The molecular weight excluding hydrogens is 252 g/mol. The first-order valence-corrected chi connectivity index (χ1v) is 6.88. The van der Waals surface area contributed by atoms with E-state index < -0.39 is 0 Å². The van der Waals surface area contributed by atoms with E-state index in [1.807, 2.05) is 32.2 Å². The number of aryl methyl sites for hydroxylation is 1. The molecule has 0 aromatic carbocycles. The molecule has 2 rings (SSSR count). The van der Waals surface area contributed by atoms with E-state index in [9.17, 15) is 4.79 Å². The highest BCUT2D eigenvalue weighted by Crippen LogP contribution is 2.22. The first-order chi connectivity index (χ1) is 9.69. The summed E-state index contributed by atoms with van der Waals surface area (Å²) < 4.78 is 1.71. The van der Waals surface area contributed by atoms with Crippen LogP contribution in [0, 0.1) is 0 Å². The summed E-state index contributed by atoms with van der Waals surface area (Å²) in [6, 6.07) is 7.51. The molecule has 0 saturated heterocycles. The average Bonchev–Trinajstić information content (AvgIpc) is 2.96. The quantitative estimate of drug-likeness (QED) is 0.840. The minimum Gasteiger partial charge on any atom is -0.332 e. The standard InChI is InChI=1S/C15H20N4O/c1-4-13(12-8-6-7-10-16-12)18(3)15(20)14-9-11-17-19(14)5-2/h6-11,13H,4-5H2,1-3H3/t13-/m0/s1. The van der Waals surface area contributed by atoms with E-state index in [1.54, 1.807) is 28.0 Å². The molecule has 0 saturated carbocycles. The number of amides is 1. The van der Waals surface area contributed by atoms with Crippen LogP contribution in [0.2, 0.25) is 0 Å². The van der Waals surface area contributed by atoms with E-state index in [1.165, 1.54) is 0 Å². The van der Waals surface area contributed by atoms with Gasteiger partial charge in [-0.1, -0.05) is 13.0 Å². The molecule has 0 bridgehead atoms. The molecule has 5 heteroatoms. The molecule has 0 fully saturated rings. The minimum absolute atomic E-state index is 0.0242. The van der Waals surface area contributed by atoms with Crippen LogP contribution in [0.1, 0.15) is 42.5 Å². The van der Waals surface area contributed by atoms with Crippen molar-refractivity contribution in [3.05, 3.63) is 48.0 Å². The normalized spacial score (nSPS) is 12.2. The Bertz CT molecular complexity index is 564. The minimum atomic E-state index is -0.0261. The number of carbonyl (C=O) groups is 1. The molecule has 0 aliphatic carbocycles. The van der Waals surface area contributed by atoms with Gasteiger partial charge in [0, 0.05) is 26.0 Å². The Morgan fingerprint density at radius 1 is 1.30 bits per heavy atom. The molecule has 1 atom stereocenters. The highest BCUT2D eigenvalue weighted by molar-refractivity contribution is 5.92. The summed E-state index contributed by atoms with van der Waals surface area (Å²) in [6.45, 7) is 4.71. The number of aromatic nitrogens is 3.